The first-order valence-electron chi connectivity index (χ1n) is 2.73. The topological polar surface area (TPSA) is 29.4 Å². The Labute approximate surface area is 83.5 Å². The van der Waals surface area contributed by atoms with E-state index in [0.717, 1.165) is 0 Å². The van der Waals surface area contributed by atoms with E-state index in [2.05, 4.69) is 4.99 Å². The molecule has 0 saturated heterocycles. The van der Waals surface area contributed by atoms with Crippen molar-refractivity contribution in [1.29, 1.82) is 0 Å². The summed E-state index contributed by atoms with van der Waals surface area (Å²) in [6, 6.07) is 0. The molecule has 0 spiro atoms. The van der Waals surface area contributed by atoms with Gasteiger partial charge in [-0.15, -0.1) is 23.2 Å². The number of rotatable bonds is 0. The molecule has 0 radical (unpaired) electrons. The van der Waals surface area contributed by atoms with Gasteiger partial charge in [0.05, 0.1) is 5.38 Å². The molecule has 62 valence electrons. The van der Waals surface area contributed by atoms with E-state index in [1.54, 1.807) is 0 Å². The summed E-state index contributed by atoms with van der Waals surface area (Å²) in [7, 11) is 0. The molecule has 0 amide bonds. The zero-order chi connectivity index (χ0) is 8.59. The number of aliphatic imine (C=N–C) groups is 1. The van der Waals surface area contributed by atoms with E-state index in [4.69, 9.17) is 46.4 Å². The van der Waals surface area contributed by atoms with Gasteiger partial charge in [-0.3, -0.25) is 4.79 Å². The van der Waals surface area contributed by atoms with E-state index in [-0.39, 0.29) is 5.17 Å². The third-order valence-corrected chi connectivity index (χ3v) is 3.10. The number of carbonyl (C=O) groups is 1. The highest BCUT2D eigenvalue weighted by atomic mass is 35.5. The highest BCUT2D eigenvalue weighted by molar-refractivity contribution is 6.85. The second-order valence-corrected chi connectivity index (χ2v) is 3.78. The molecule has 3 atom stereocenters. The Bertz CT molecular complexity index is 217. The maximum Gasteiger partial charge on any atom is 0.211 e. The molecule has 0 bridgehead atoms. The van der Waals surface area contributed by atoms with Gasteiger partial charge in [0.25, 0.3) is 0 Å². The zero-order valence-corrected chi connectivity index (χ0v) is 8.12. The van der Waals surface area contributed by atoms with E-state index in [9.17, 15) is 4.79 Å². The van der Waals surface area contributed by atoms with Gasteiger partial charge in [0.15, 0.2) is 5.17 Å². The maximum atomic E-state index is 10.9. The maximum absolute atomic E-state index is 10.9. The molecule has 0 saturated carbocycles. The lowest BCUT2D eigenvalue weighted by Crippen LogP contribution is -2.39. The van der Waals surface area contributed by atoms with Gasteiger partial charge in [-0.25, -0.2) is 4.99 Å². The van der Waals surface area contributed by atoms with Crippen LogP contribution >= 0.6 is 46.4 Å². The van der Waals surface area contributed by atoms with Crippen LogP contribution in [0.15, 0.2) is 4.99 Å². The summed E-state index contributed by atoms with van der Waals surface area (Å²) in [5, 5.41) is -1.74. The van der Waals surface area contributed by atoms with Gasteiger partial charge in [0.1, 0.15) is 10.9 Å². The SMILES string of the molecule is O=C1C(Cl)=NC(Cl)C(Cl)C1Cl. The summed E-state index contributed by atoms with van der Waals surface area (Å²) < 4.78 is 0. The summed E-state index contributed by atoms with van der Waals surface area (Å²) in [5.74, 6) is -0.467. The number of carbonyl (C=O) groups excluding carboxylic acids is 1. The largest absolute Gasteiger partial charge is 0.290 e. The van der Waals surface area contributed by atoms with E-state index < -0.39 is 22.0 Å². The van der Waals surface area contributed by atoms with Crippen LogP contribution in [0.3, 0.4) is 0 Å². The van der Waals surface area contributed by atoms with Gasteiger partial charge in [-0.1, -0.05) is 23.2 Å². The fourth-order valence-corrected chi connectivity index (χ4v) is 1.70. The van der Waals surface area contributed by atoms with Gasteiger partial charge in [-0.2, -0.15) is 0 Å². The molecule has 1 heterocycles. The normalized spacial score (nSPS) is 38.7. The second-order valence-electron chi connectivity index (χ2n) is 2.00. The average molecular weight is 235 g/mol. The first kappa shape index (κ1) is 9.59. The minimum absolute atomic E-state index is 0.179. The number of halogens is 4. The molecule has 0 aliphatic carbocycles. The van der Waals surface area contributed by atoms with Crippen molar-refractivity contribution in [2.45, 2.75) is 16.3 Å². The molecule has 2 nitrogen and oxygen atoms in total. The van der Waals surface area contributed by atoms with E-state index in [1.165, 1.54) is 0 Å². The third kappa shape index (κ3) is 1.81. The smallest absolute Gasteiger partial charge is 0.211 e. The van der Waals surface area contributed by atoms with Crippen molar-refractivity contribution in [3.63, 3.8) is 0 Å². The van der Waals surface area contributed by atoms with Crippen molar-refractivity contribution in [3.8, 4) is 0 Å². The number of alkyl halides is 3. The quantitative estimate of drug-likeness (QED) is 0.466. The van der Waals surface area contributed by atoms with Gasteiger partial charge >= 0.3 is 0 Å². The molecule has 0 fully saturated rings. The molecule has 0 aromatic rings. The Kier molecular flexibility index (Phi) is 3.03. The highest BCUT2D eigenvalue weighted by Gasteiger charge is 2.36. The van der Waals surface area contributed by atoms with Crippen LogP contribution in [0.1, 0.15) is 0 Å². The van der Waals surface area contributed by atoms with Crippen LogP contribution in [0.2, 0.25) is 0 Å². The van der Waals surface area contributed by atoms with Crippen molar-refractivity contribution >= 4 is 57.4 Å². The van der Waals surface area contributed by atoms with Crippen molar-refractivity contribution in [1.82, 2.24) is 0 Å². The Morgan fingerprint density at radius 2 is 1.82 bits per heavy atom. The summed E-state index contributed by atoms with van der Waals surface area (Å²) in [6.07, 6.45) is 0. The fourth-order valence-electron chi connectivity index (χ4n) is 0.641. The van der Waals surface area contributed by atoms with Gasteiger partial charge in [0, 0.05) is 0 Å². The minimum Gasteiger partial charge on any atom is -0.290 e. The van der Waals surface area contributed by atoms with Gasteiger partial charge in [-0.05, 0) is 0 Å². The van der Waals surface area contributed by atoms with E-state index >= 15 is 0 Å². The van der Waals surface area contributed by atoms with Gasteiger partial charge in [0.2, 0.25) is 5.78 Å². The Hall–Kier alpha value is 0.500. The van der Waals surface area contributed by atoms with Gasteiger partial charge < -0.3 is 0 Å². The lowest BCUT2D eigenvalue weighted by molar-refractivity contribution is -0.112. The highest BCUT2D eigenvalue weighted by Crippen LogP contribution is 2.25. The molecule has 11 heavy (non-hydrogen) atoms. The first-order chi connectivity index (χ1) is 5.04. The second kappa shape index (κ2) is 3.48. The average Bonchev–Trinajstić information content (AvgIpc) is 1.97. The molecule has 0 aromatic heterocycles. The first-order valence-corrected chi connectivity index (χ1v) is 4.42. The lowest BCUT2D eigenvalue weighted by atomic mass is 10.2. The number of nitrogens with zero attached hydrogens (tertiary/aromatic N) is 1. The molecule has 0 N–H and O–H groups in total. The monoisotopic (exact) mass is 233 g/mol. The van der Waals surface area contributed by atoms with Crippen LogP contribution < -0.4 is 0 Å². The predicted molar refractivity (Wildman–Crippen MR) is 47.2 cm³/mol. The summed E-state index contributed by atoms with van der Waals surface area (Å²) in [5.41, 5.74) is -0.718. The summed E-state index contributed by atoms with van der Waals surface area (Å²) in [4.78, 5) is 14.5. The summed E-state index contributed by atoms with van der Waals surface area (Å²) >= 11 is 22.2. The predicted octanol–water partition coefficient (Wildman–Crippen LogP) is 1.99. The van der Waals surface area contributed by atoms with Crippen molar-refractivity contribution in [2.75, 3.05) is 0 Å². The standard InChI is InChI=1S/C5H3Cl4NO/c6-1-2(7)4(8)10-5(9)3(1)11/h1-2,4H. The zero-order valence-electron chi connectivity index (χ0n) is 5.10. The number of Topliss-reactive ketones (excluding diaryl/α,β-unsaturated/α-hetero) is 1. The van der Waals surface area contributed by atoms with Crippen LogP contribution in [0, 0.1) is 0 Å². The Morgan fingerprint density at radius 1 is 1.27 bits per heavy atom. The molecule has 3 unspecified atom stereocenters. The lowest BCUT2D eigenvalue weighted by Gasteiger charge is -2.21. The summed E-state index contributed by atoms with van der Waals surface area (Å²) in [6.45, 7) is 0. The van der Waals surface area contributed by atoms with Crippen LogP contribution in [0.5, 0.6) is 0 Å². The molecular weight excluding hydrogens is 232 g/mol. The number of hydrogen-bond donors (Lipinski definition) is 0. The molecule has 1 aliphatic rings. The molecular formula is C5H3Cl4NO. The Morgan fingerprint density at radius 3 is 2.36 bits per heavy atom. The van der Waals surface area contributed by atoms with Crippen molar-refractivity contribution in [3.05, 3.63) is 0 Å². The Balaban J connectivity index is 2.92. The minimum atomic E-state index is -0.871. The van der Waals surface area contributed by atoms with E-state index in [0.29, 0.717) is 0 Å². The van der Waals surface area contributed by atoms with E-state index in [1.807, 2.05) is 0 Å². The van der Waals surface area contributed by atoms with Crippen LogP contribution in [0.25, 0.3) is 0 Å². The van der Waals surface area contributed by atoms with Crippen molar-refractivity contribution in [2.24, 2.45) is 4.99 Å². The molecule has 6 heteroatoms. The number of hydrogen-bond acceptors (Lipinski definition) is 2. The van der Waals surface area contributed by atoms with Crippen LogP contribution in [-0.2, 0) is 4.79 Å². The molecule has 1 aliphatic heterocycles. The van der Waals surface area contributed by atoms with Crippen LogP contribution in [0.4, 0.5) is 0 Å². The molecule has 1 rings (SSSR count). The molecule has 0 aromatic carbocycles. The van der Waals surface area contributed by atoms with Crippen molar-refractivity contribution < 1.29 is 4.79 Å². The van der Waals surface area contributed by atoms with Crippen LogP contribution in [-0.4, -0.2) is 27.2 Å². The fraction of sp³-hybridized carbons (Fsp3) is 0.600. The number of ketones is 1. The third-order valence-electron chi connectivity index (χ3n) is 1.23.